The minimum Gasteiger partial charge on any atom is -0.463 e. The second-order valence-corrected chi connectivity index (χ2v) is 12.4. The third kappa shape index (κ3) is 21.2. The zero-order valence-electron chi connectivity index (χ0n) is 27.2. The van der Waals surface area contributed by atoms with E-state index in [0.29, 0.717) is 19.3 Å². The number of ketones is 1. The number of allylic oxidation sites excluding steroid dienone is 5. The van der Waals surface area contributed by atoms with Crippen LogP contribution in [-0.2, 0) is 23.9 Å². The van der Waals surface area contributed by atoms with Crippen LogP contribution in [0, 0.1) is 17.8 Å². The zero-order valence-corrected chi connectivity index (χ0v) is 27.2. The van der Waals surface area contributed by atoms with Gasteiger partial charge in [-0.1, -0.05) is 115 Å². The molecule has 0 bridgehead atoms. The molecule has 1 aliphatic rings. The molecular formula is C36H60O7. The number of carbonyl (C=O) groups excluding carboxylic acids is 3. The molecule has 0 aromatic rings. The molecule has 0 aliphatic heterocycles. The van der Waals surface area contributed by atoms with Gasteiger partial charge in [0.05, 0.1) is 6.10 Å². The van der Waals surface area contributed by atoms with Gasteiger partial charge in [0.1, 0.15) is 19.3 Å². The molecule has 4 atom stereocenters. The first-order valence-corrected chi connectivity index (χ1v) is 17.0. The van der Waals surface area contributed by atoms with Gasteiger partial charge in [-0.2, -0.15) is 0 Å². The largest absolute Gasteiger partial charge is 0.463 e. The Labute approximate surface area is 261 Å². The van der Waals surface area contributed by atoms with Gasteiger partial charge in [-0.25, -0.2) is 0 Å². The normalized spacial score (nSPS) is 18.2. The fourth-order valence-corrected chi connectivity index (χ4v) is 5.08. The van der Waals surface area contributed by atoms with Crippen molar-refractivity contribution >= 4 is 17.7 Å². The quantitative estimate of drug-likeness (QED) is 0.0595. The average Bonchev–Trinajstić information content (AvgIpc) is 3.33. The number of hydrogen-bond donors (Lipinski definition) is 2. The van der Waals surface area contributed by atoms with Crippen molar-refractivity contribution in [3.8, 4) is 0 Å². The molecule has 0 fully saturated rings. The summed E-state index contributed by atoms with van der Waals surface area (Å²) in [6.45, 7) is 6.28. The number of carbonyl (C=O) groups is 3. The highest BCUT2D eigenvalue weighted by molar-refractivity contribution is 5.95. The van der Waals surface area contributed by atoms with Gasteiger partial charge in [0.2, 0.25) is 0 Å². The number of esters is 2. The second-order valence-electron chi connectivity index (χ2n) is 12.4. The van der Waals surface area contributed by atoms with Gasteiger partial charge in [-0.15, -0.1) is 0 Å². The topological polar surface area (TPSA) is 110 Å². The highest BCUT2D eigenvalue weighted by Gasteiger charge is 2.26. The summed E-state index contributed by atoms with van der Waals surface area (Å²) in [5, 5.41) is 20.1. The van der Waals surface area contributed by atoms with Crippen LogP contribution < -0.4 is 0 Å². The van der Waals surface area contributed by atoms with Gasteiger partial charge in [0.25, 0.3) is 0 Å². The van der Waals surface area contributed by atoms with Crippen LogP contribution in [0.15, 0.2) is 36.5 Å². The van der Waals surface area contributed by atoms with Gasteiger partial charge < -0.3 is 19.7 Å². The maximum Gasteiger partial charge on any atom is 0.305 e. The van der Waals surface area contributed by atoms with E-state index in [-0.39, 0.29) is 43.2 Å². The summed E-state index contributed by atoms with van der Waals surface area (Å²) < 4.78 is 10.2. The van der Waals surface area contributed by atoms with E-state index in [1.807, 2.05) is 24.3 Å². The summed E-state index contributed by atoms with van der Waals surface area (Å²) in [5.74, 6) is -0.0179. The van der Waals surface area contributed by atoms with E-state index >= 15 is 0 Å². The van der Waals surface area contributed by atoms with E-state index in [4.69, 9.17) is 9.47 Å². The lowest BCUT2D eigenvalue weighted by atomic mass is 9.90. The number of aliphatic hydroxyl groups is 2. The van der Waals surface area contributed by atoms with E-state index in [1.54, 1.807) is 12.2 Å². The third-order valence-electron chi connectivity index (χ3n) is 7.80. The smallest absolute Gasteiger partial charge is 0.305 e. The van der Waals surface area contributed by atoms with Crippen molar-refractivity contribution in [2.24, 2.45) is 17.8 Å². The number of ether oxygens (including phenoxy) is 2. The van der Waals surface area contributed by atoms with Crippen molar-refractivity contribution < 1.29 is 34.1 Å². The van der Waals surface area contributed by atoms with E-state index in [1.165, 1.54) is 32.1 Å². The van der Waals surface area contributed by atoms with Crippen molar-refractivity contribution in [3.63, 3.8) is 0 Å². The Kier molecular flexibility index (Phi) is 22.6. The molecule has 0 unspecified atom stereocenters. The Balaban J connectivity index is 2.08. The minimum absolute atomic E-state index is 0.0729. The molecule has 0 amide bonds. The first-order valence-electron chi connectivity index (χ1n) is 17.0. The molecular weight excluding hydrogens is 544 g/mol. The maximum atomic E-state index is 12.2. The van der Waals surface area contributed by atoms with E-state index < -0.39 is 18.2 Å². The molecule has 0 saturated heterocycles. The van der Waals surface area contributed by atoms with E-state index in [0.717, 1.165) is 57.3 Å². The van der Waals surface area contributed by atoms with Crippen LogP contribution in [0.1, 0.15) is 130 Å². The SMILES string of the molecule is CCCCC[C@H](O)/C=C/[C@H]1C(=O)C=C[C@@H]1C/C=C\CCCC(=O)OC[C@@H](O)COC(=O)CCCCCCCCCC(C)C. The molecule has 0 spiro atoms. The standard InChI is InChI=1S/C36H60O7/c1-4-5-13-20-31(37)24-25-33-30(23-26-34(33)39)19-15-11-12-17-22-36(41)43-28-32(38)27-42-35(40)21-16-10-8-6-7-9-14-18-29(2)3/h11,15,23-26,29-33,37-38H,4-10,12-14,16-22,27-28H2,1-3H3/b15-11-,25-24+/t30-,31-,32-,33+/m0/s1. The van der Waals surface area contributed by atoms with Gasteiger partial charge in [-0.05, 0) is 50.0 Å². The summed E-state index contributed by atoms with van der Waals surface area (Å²) in [4.78, 5) is 36.1. The Morgan fingerprint density at radius 1 is 0.837 bits per heavy atom. The molecule has 43 heavy (non-hydrogen) atoms. The summed E-state index contributed by atoms with van der Waals surface area (Å²) in [5.41, 5.74) is 0. The van der Waals surface area contributed by atoms with Gasteiger partial charge in [0.15, 0.2) is 5.78 Å². The molecule has 7 heteroatoms. The summed E-state index contributed by atoms with van der Waals surface area (Å²) in [6, 6.07) is 0. The van der Waals surface area contributed by atoms with Gasteiger partial charge >= 0.3 is 11.9 Å². The van der Waals surface area contributed by atoms with Crippen LogP contribution in [0.3, 0.4) is 0 Å². The molecule has 0 aromatic heterocycles. The van der Waals surface area contributed by atoms with Crippen LogP contribution in [-0.4, -0.2) is 53.4 Å². The molecule has 2 N–H and O–H groups in total. The van der Waals surface area contributed by atoms with E-state index in [9.17, 15) is 24.6 Å². The molecule has 0 saturated carbocycles. The fourth-order valence-electron chi connectivity index (χ4n) is 5.08. The zero-order chi connectivity index (χ0) is 31.7. The Bertz CT molecular complexity index is 845. The van der Waals surface area contributed by atoms with Crippen LogP contribution in [0.2, 0.25) is 0 Å². The van der Waals surface area contributed by atoms with Gasteiger partial charge in [0, 0.05) is 18.8 Å². The Morgan fingerprint density at radius 3 is 2.09 bits per heavy atom. The third-order valence-corrected chi connectivity index (χ3v) is 7.80. The molecule has 7 nitrogen and oxygen atoms in total. The molecule has 246 valence electrons. The first kappa shape index (κ1) is 38.8. The number of rotatable bonds is 26. The summed E-state index contributed by atoms with van der Waals surface area (Å²) in [7, 11) is 0. The number of unbranched alkanes of at least 4 members (excludes halogenated alkanes) is 9. The van der Waals surface area contributed by atoms with Crippen LogP contribution in [0.5, 0.6) is 0 Å². The van der Waals surface area contributed by atoms with Crippen LogP contribution in [0.4, 0.5) is 0 Å². The summed E-state index contributed by atoms with van der Waals surface area (Å²) >= 11 is 0. The van der Waals surface area contributed by atoms with Crippen LogP contribution >= 0.6 is 0 Å². The van der Waals surface area contributed by atoms with Crippen molar-refractivity contribution in [2.45, 2.75) is 142 Å². The molecule has 1 aliphatic carbocycles. The van der Waals surface area contributed by atoms with Crippen molar-refractivity contribution in [2.75, 3.05) is 13.2 Å². The minimum atomic E-state index is -1.03. The van der Waals surface area contributed by atoms with Crippen molar-refractivity contribution in [1.29, 1.82) is 0 Å². The lowest BCUT2D eigenvalue weighted by Gasteiger charge is -2.13. The highest BCUT2D eigenvalue weighted by Crippen LogP contribution is 2.27. The molecule has 0 aromatic carbocycles. The summed E-state index contributed by atoms with van der Waals surface area (Å²) in [6.07, 6.45) is 25.5. The molecule has 0 heterocycles. The van der Waals surface area contributed by atoms with Crippen molar-refractivity contribution in [3.05, 3.63) is 36.5 Å². The Hall–Kier alpha value is -2.25. The lowest BCUT2D eigenvalue weighted by Crippen LogP contribution is -2.25. The van der Waals surface area contributed by atoms with Crippen LogP contribution in [0.25, 0.3) is 0 Å². The molecule has 0 radical (unpaired) electrons. The molecule has 1 rings (SSSR count). The van der Waals surface area contributed by atoms with Gasteiger partial charge in [-0.3, -0.25) is 14.4 Å². The first-order chi connectivity index (χ1) is 20.7. The Morgan fingerprint density at radius 2 is 1.44 bits per heavy atom. The monoisotopic (exact) mass is 604 g/mol. The van der Waals surface area contributed by atoms with E-state index in [2.05, 4.69) is 20.8 Å². The lowest BCUT2D eigenvalue weighted by molar-refractivity contribution is -0.152. The number of hydrogen-bond acceptors (Lipinski definition) is 7. The second kappa shape index (κ2) is 25.1. The number of aliphatic hydroxyl groups excluding tert-OH is 2. The van der Waals surface area contributed by atoms with Crippen molar-refractivity contribution in [1.82, 2.24) is 0 Å². The fraction of sp³-hybridized carbons (Fsp3) is 0.750. The average molecular weight is 605 g/mol. The predicted octanol–water partition coefficient (Wildman–Crippen LogP) is 7.59. The maximum absolute atomic E-state index is 12.2. The predicted molar refractivity (Wildman–Crippen MR) is 172 cm³/mol. The highest BCUT2D eigenvalue weighted by atomic mass is 16.6.